The molecule has 2 fully saturated rings. The molecule has 2 rings (SSSR count). The summed E-state index contributed by atoms with van der Waals surface area (Å²) in [4.78, 5) is 11.6. The van der Waals surface area contributed by atoms with Crippen LogP contribution in [0.5, 0.6) is 0 Å². The molecule has 2 bridgehead atoms. The Hall–Kier alpha value is -0.330. The molecule has 0 aromatic heterocycles. The van der Waals surface area contributed by atoms with Gasteiger partial charge in [0.15, 0.2) is 0 Å². The van der Waals surface area contributed by atoms with E-state index in [4.69, 9.17) is 0 Å². The Morgan fingerprint density at radius 2 is 2.08 bits per heavy atom. The third-order valence-electron chi connectivity index (χ3n) is 3.90. The number of carbonyl (C=O) groups excluding carboxylic acids is 1. The fourth-order valence-corrected chi connectivity index (χ4v) is 2.87. The van der Waals surface area contributed by atoms with Crippen molar-refractivity contribution >= 4 is 5.78 Å². The van der Waals surface area contributed by atoms with E-state index in [-0.39, 0.29) is 0 Å². The van der Waals surface area contributed by atoms with Crippen molar-refractivity contribution in [2.45, 2.75) is 46.0 Å². The van der Waals surface area contributed by atoms with Crippen molar-refractivity contribution in [1.82, 2.24) is 0 Å². The fourth-order valence-electron chi connectivity index (χ4n) is 2.87. The molecule has 0 aliphatic heterocycles. The number of rotatable bonds is 0. The Morgan fingerprint density at radius 1 is 1.33 bits per heavy atom. The lowest BCUT2D eigenvalue weighted by molar-refractivity contribution is -0.132. The highest BCUT2D eigenvalue weighted by molar-refractivity contribution is 5.82. The quantitative estimate of drug-likeness (QED) is 0.541. The summed E-state index contributed by atoms with van der Waals surface area (Å²) >= 11 is 0. The topological polar surface area (TPSA) is 17.1 Å². The van der Waals surface area contributed by atoms with Gasteiger partial charge in [0.2, 0.25) is 0 Å². The molecule has 0 amide bonds. The highest BCUT2D eigenvalue weighted by Crippen LogP contribution is 2.48. The van der Waals surface area contributed by atoms with Gasteiger partial charge >= 0.3 is 0 Å². The summed E-state index contributed by atoms with van der Waals surface area (Å²) in [7, 11) is 0. The van der Waals surface area contributed by atoms with Crippen molar-refractivity contribution in [1.29, 1.82) is 0 Å². The predicted octanol–water partition coefficient (Wildman–Crippen LogP) is 2.79. The third-order valence-corrected chi connectivity index (χ3v) is 3.90. The van der Waals surface area contributed by atoms with Crippen LogP contribution in [0.1, 0.15) is 46.0 Å². The maximum absolute atomic E-state index is 11.6. The SMILES string of the molecule is CC1(C)CCC2CCC(=O)C1C2. The van der Waals surface area contributed by atoms with Gasteiger partial charge in [-0.05, 0) is 37.0 Å². The lowest BCUT2D eigenvalue weighted by Gasteiger charge is -2.44. The second-order valence-corrected chi connectivity index (χ2v) is 5.19. The minimum Gasteiger partial charge on any atom is -0.299 e. The van der Waals surface area contributed by atoms with E-state index in [0.717, 1.165) is 12.3 Å². The summed E-state index contributed by atoms with van der Waals surface area (Å²) < 4.78 is 0. The van der Waals surface area contributed by atoms with E-state index in [1.54, 1.807) is 0 Å². The molecule has 2 unspecified atom stereocenters. The maximum atomic E-state index is 11.6. The molecule has 1 nitrogen and oxygen atoms in total. The second kappa shape index (κ2) is 2.58. The standard InChI is InChI=1S/C11H18O/c1-11(2)6-5-8-3-4-10(12)9(11)7-8/h8-9H,3-7H2,1-2H3. The highest BCUT2D eigenvalue weighted by atomic mass is 16.1. The average molecular weight is 166 g/mol. The summed E-state index contributed by atoms with van der Waals surface area (Å²) in [5, 5.41) is 0. The number of carbonyl (C=O) groups is 1. The molecule has 0 N–H and O–H groups in total. The van der Waals surface area contributed by atoms with Crippen LogP contribution in [-0.4, -0.2) is 5.78 Å². The third kappa shape index (κ3) is 1.19. The molecule has 0 aromatic rings. The largest absolute Gasteiger partial charge is 0.299 e. The van der Waals surface area contributed by atoms with Gasteiger partial charge in [-0.15, -0.1) is 0 Å². The van der Waals surface area contributed by atoms with Gasteiger partial charge < -0.3 is 0 Å². The zero-order valence-electron chi connectivity index (χ0n) is 8.10. The Kier molecular flexibility index (Phi) is 1.78. The van der Waals surface area contributed by atoms with Crippen LogP contribution in [0.4, 0.5) is 0 Å². The number of hydrogen-bond donors (Lipinski definition) is 0. The van der Waals surface area contributed by atoms with Gasteiger partial charge in [-0.2, -0.15) is 0 Å². The molecule has 68 valence electrons. The summed E-state index contributed by atoms with van der Waals surface area (Å²) in [6, 6.07) is 0. The first kappa shape index (κ1) is 8.28. The Balaban J connectivity index is 2.20. The summed E-state index contributed by atoms with van der Waals surface area (Å²) in [6.07, 6.45) is 5.83. The number of ketones is 1. The van der Waals surface area contributed by atoms with Gasteiger partial charge in [-0.25, -0.2) is 0 Å². The van der Waals surface area contributed by atoms with E-state index >= 15 is 0 Å². The predicted molar refractivity (Wildman–Crippen MR) is 48.9 cm³/mol. The van der Waals surface area contributed by atoms with Crippen LogP contribution >= 0.6 is 0 Å². The molecule has 0 spiro atoms. The van der Waals surface area contributed by atoms with Gasteiger partial charge in [0.05, 0.1) is 0 Å². The minimum atomic E-state index is 0.300. The normalized spacial score (nSPS) is 39.7. The molecule has 2 aliphatic carbocycles. The van der Waals surface area contributed by atoms with Crippen molar-refractivity contribution in [2.75, 3.05) is 0 Å². The van der Waals surface area contributed by atoms with Crippen LogP contribution < -0.4 is 0 Å². The van der Waals surface area contributed by atoms with Crippen molar-refractivity contribution in [2.24, 2.45) is 17.3 Å². The number of hydrogen-bond acceptors (Lipinski definition) is 1. The van der Waals surface area contributed by atoms with Crippen molar-refractivity contribution in [3.05, 3.63) is 0 Å². The first-order chi connectivity index (χ1) is 5.59. The van der Waals surface area contributed by atoms with Crippen LogP contribution in [-0.2, 0) is 4.79 Å². The Morgan fingerprint density at radius 3 is 2.75 bits per heavy atom. The van der Waals surface area contributed by atoms with E-state index in [0.29, 0.717) is 17.1 Å². The molecule has 0 radical (unpaired) electrons. The van der Waals surface area contributed by atoms with E-state index in [1.165, 1.54) is 25.7 Å². The Labute approximate surface area is 74.5 Å². The smallest absolute Gasteiger partial charge is 0.136 e. The zero-order chi connectivity index (χ0) is 8.77. The molecule has 0 aromatic carbocycles. The van der Waals surface area contributed by atoms with Gasteiger partial charge in [0.25, 0.3) is 0 Å². The van der Waals surface area contributed by atoms with Gasteiger partial charge in [-0.1, -0.05) is 13.8 Å². The van der Waals surface area contributed by atoms with Crippen LogP contribution in [0.15, 0.2) is 0 Å². The maximum Gasteiger partial charge on any atom is 0.136 e. The summed E-state index contributed by atoms with van der Waals surface area (Å²) in [6.45, 7) is 4.52. The lowest BCUT2D eigenvalue weighted by Crippen LogP contribution is -2.40. The van der Waals surface area contributed by atoms with Gasteiger partial charge in [0.1, 0.15) is 5.78 Å². The molecular weight excluding hydrogens is 148 g/mol. The number of Topliss-reactive ketones (excluding diaryl/α,β-unsaturated/α-hetero) is 1. The Bertz CT molecular complexity index is 205. The molecular formula is C11H18O. The van der Waals surface area contributed by atoms with E-state index < -0.39 is 0 Å². The van der Waals surface area contributed by atoms with Crippen LogP contribution in [0.2, 0.25) is 0 Å². The number of fused-ring (bicyclic) bond motifs is 2. The molecule has 2 saturated carbocycles. The second-order valence-electron chi connectivity index (χ2n) is 5.19. The first-order valence-corrected chi connectivity index (χ1v) is 5.12. The fraction of sp³-hybridized carbons (Fsp3) is 0.909. The van der Waals surface area contributed by atoms with Crippen LogP contribution in [0.3, 0.4) is 0 Å². The minimum absolute atomic E-state index is 0.300. The average Bonchev–Trinajstić information content (AvgIpc) is 2.02. The summed E-state index contributed by atoms with van der Waals surface area (Å²) in [5.41, 5.74) is 0.300. The van der Waals surface area contributed by atoms with Gasteiger partial charge in [0, 0.05) is 12.3 Å². The molecule has 1 heteroatoms. The molecule has 0 saturated heterocycles. The van der Waals surface area contributed by atoms with Crippen LogP contribution in [0.25, 0.3) is 0 Å². The summed E-state index contributed by atoms with van der Waals surface area (Å²) in [5.74, 6) is 1.81. The molecule has 0 heterocycles. The molecule has 12 heavy (non-hydrogen) atoms. The zero-order valence-corrected chi connectivity index (χ0v) is 8.10. The van der Waals surface area contributed by atoms with Crippen molar-refractivity contribution < 1.29 is 4.79 Å². The van der Waals surface area contributed by atoms with Crippen LogP contribution in [0, 0.1) is 17.3 Å². The highest BCUT2D eigenvalue weighted by Gasteiger charge is 2.42. The van der Waals surface area contributed by atoms with E-state index in [1.807, 2.05) is 0 Å². The molecule has 2 aliphatic rings. The first-order valence-electron chi connectivity index (χ1n) is 5.12. The van der Waals surface area contributed by atoms with Gasteiger partial charge in [-0.3, -0.25) is 4.79 Å². The van der Waals surface area contributed by atoms with Crippen molar-refractivity contribution in [3.63, 3.8) is 0 Å². The lowest BCUT2D eigenvalue weighted by atomic mass is 9.60. The monoisotopic (exact) mass is 166 g/mol. The van der Waals surface area contributed by atoms with E-state index in [9.17, 15) is 4.79 Å². The molecule has 2 atom stereocenters. The van der Waals surface area contributed by atoms with Crippen molar-refractivity contribution in [3.8, 4) is 0 Å². The van der Waals surface area contributed by atoms with E-state index in [2.05, 4.69) is 13.8 Å².